The third kappa shape index (κ3) is 1.87. The number of aromatic nitrogens is 4. The zero-order valence-electron chi connectivity index (χ0n) is 9.09. The van der Waals surface area contributed by atoms with Gasteiger partial charge in [-0.1, -0.05) is 0 Å². The fourth-order valence-corrected chi connectivity index (χ4v) is 2.87. The molecule has 0 fully saturated rings. The van der Waals surface area contributed by atoms with Crippen LogP contribution in [0.5, 0.6) is 0 Å². The lowest BCUT2D eigenvalue weighted by Crippen LogP contribution is -2.10. The molecule has 3 aromatic heterocycles. The quantitative estimate of drug-likeness (QED) is 0.727. The van der Waals surface area contributed by atoms with Crippen LogP contribution in [0.2, 0.25) is 0 Å². The van der Waals surface area contributed by atoms with Crippen molar-refractivity contribution in [2.45, 2.75) is 6.54 Å². The normalized spacial score (nSPS) is 11.4. The van der Waals surface area contributed by atoms with E-state index in [4.69, 9.17) is 0 Å². The Morgan fingerprint density at radius 2 is 2.41 bits per heavy atom. The highest BCUT2D eigenvalue weighted by atomic mass is 127. The van der Waals surface area contributed by atoms with Crippen molar-refractivity contribution < 1.29 is 0 Å². The largest absolute Gasteiger partial charge is 0.314 e. The second kappa shape index (κ2) is 4.39. The second-order valence-electron chi connectivity index (χ2n) is 3.57. The van der Waals surface area contributed by atoms with Crippen LogP contribution in [0.1, 0.15) is 5.69 Å². The molecule has 1 N–H and O–H groups in total. The van der Waals surface area contributed by atoms with Gasteiger partial charge < -0.3 is 5.32 Å². The van der Waals surface area contributed by atoms with E-state index < -0.39 is 0 Å². The van der Waals surface area contributed by atoms with Crippen LogP contribution in [0, 0.1) is 3.57 Å². The Kier molecular flexibility index (Phi) is 2.89. The number of halogens is 1. The molecule has 0 aliphatic rings. The molecular weight excluding hydrogens is 349 g/mol. The van der Waals surface area contributed by atoms with Gasteiger partial charge in [-0.3, -0.25) is 4.40 Å². The summed E-state index contributed by atoms with van der Waals surface area (Å²) in [5.41, 5.74) is 1.13. The Bertz CT molecular complexity index is 653. The van der Waals surface area contributed by atoms with Gasteiger partial charge in [-0.05, 0) is 29.6 Å². The lowest BCUT2D eigenvalue weighted by Gasteiger charge is -2.02. The predicted octanol–water partition coefficient (Wildman–Crippen LogP) is 1.91. The van der Waals surface area contributed by atoms with Crippen molar-refractivity contribution in [3.63, 3.8) is 0 Å². The van der Waals surface area contributed by atoms with Gasteiger partial charge in [0.2, 0.25) is 0 Å². The highest BCUT2D eigenvalue weighted by Crippen LogP contribution is 2.20. The van der Waals surface area contributed by atoms with Crippen LogP contribution in [-0.4, -0.2) is 26.2 Å². The molecule has 0 aliphatic heterocycles. The van der Waals surface area contributed by atoms with E-state index in [0.717, 1.165) is 26.6 Å². The zero-order valence-corrected chi connectivity index (χ0v) is 12.1. The third-order valence-corrected chi connectivity index (χ3v) is 3.77. The average Bonchev–Trinajstić information content (AvgIpc) is 2.95. The van der Waals surface area contributed by atoms with E-state index in [-0.39, 0.29) is 0 Å². The molecule has 0 bridgehead atoms. The van der Waals surface area contributed by atoms with Gasteiger partial charge in [0.15, 0.2) is 10.8 Å². The molecule has 0 amide bonds. The molecule has 3 aromatic rings. The summed E-state index contributed by atoms with van der Waals surface area (Å²) in [5.74, 6) is 0.897. The number of fused-ring (bicyclic) bond motifs is 1. The maximum atomic E-state index is 4.61. The van der Waals surface area contributed by atoms with E-state index in [1.807, 2.05) is 35.7 Å². The maximum Gasteiger partial charge on any atom is 0.196 e. The first kappa shape index (κ1) is 11.2. The minimum absolute atomic E-state index is 0.768. The molecule has 0 aliphatic carbocycles. The van der Waals surface area contributed by atoms with E-state index in [9.17, 15) is 0 Å². The lowest BCUT2D eigenvalue weighted by molar-refractivity contribution is 0.755. The van der Waals surface area contributed by atoms with Crippen molar-refractivity contribution in [1.29, 1.82) is 0 Å². The fourth-order valence-electron chi connectivity index (χ4n) is 1.75. The van der Waals surface area contributed by atoms with Gasteiger partial charge in [0.05, 0.1) is 15.5 Å². The molecular formula is C10H10IN5S. The highest BCUT2D eigenvalue weighted by Gasteiger charge is 2.14. The molecule has 0 radical (unpaired) electrons. The Hall–Kier alpha value is -0.930. The van der Waals surface area contributed by atoms with Crippen molar-refractivity contribution in [3.05, 3.63) is 33.2 Å². The van der Waals surface area contributed by atoms with Crippen LogP contribution >= 0.6 is 33.9 Å². The number of hydrogen-bond donors (Lipinski definition) is 1. The SMILES string of the molecule is CNCc1c(-n2cc(I)cn2)nc2sccn12. The minimum atomic E-state index is 0.768. The summed E-state index contributed by atoms with van der Waals surface area (Å²) in [5, 5.41) is 9.52. The smallest absolute Gasteiger partial charge is 0.196 e. The zero-order chi connectivity index (χ0) is 11.8. The van der Waals surface area contributed by atoms with Gasteiger partial charge in [-0.2, -0.15) is 10.1 Å². The summed E-state index contributed by atoms with van der Waals surface area (Å²) in [6, 6.07) is 0. The van der Waals surface area contributed by atoms with E-state index in [2.05, 4.69) is 42.4 Å². The lowest BCUT2D eigenvalue weighted by atomic mass is 10.4. The molecule has 0 aromatic carbocycles. The maximum absolute atomic E-state index is 4.61. The van der Waals surface area contributed by atoms with Gasteiger partial charge in [0.25, 0.3) is 0 Å². The van der Waals surface area contributed by atoms with Crippen molar-refractivity contribution in [2.24, 2.45) is 0 Å². The standard InChI is InChI=1S/C10H10IN5S/c1-12-5-8-9(16-6-7(11)4-13-16)14-10-15(8)2-3-17-10/h2-4,6,12H,5H2,1H3. The summed E-state index contributed by atoms with van der Waals surface area (Å²) in [7, 11) is 1.93. The van der Waals surface area contributed by atoms with E-state index in [0.29, 0.717) is 0 Å². The van der Waals surface area contributed by atoms with E-state index in [1.165, 1.54) is 0 Å². The fraction of sp³-hybridized carbons (Fsp3) is 0.200. The number of rotatable bonds is 3. The minimum Gasteiger partial charge on any atom is -0.314 e. The Morgan fingerprint density at radius 3 is 3.12 bits per heavy atom. The van der Waals surface area contributed by atoms with Gasteiger partial charge in [0.1, 0.15) is 0 Å². The Labute approximate surface area is 116 Å². The number of imidazole rings is 1. The summed E-state index contributed by atoms with van der Waals surface area (Å²) < 4.78 is 5.04. The Morgan fingerprint density at radius 1 is 1.53 bits per heavy atom. The van der Waals surface area contributed by atoms with Crippen molar-refractivity contribution in [2.75, 3.05) is 7.05 Å². The molecule has 0 saturated carbocycles. The molecule has 88 valence electrons. The number of thiazole rings is 1. The number of nitrogens with one attached hydrogen (secondary N) is 1. The van der Waals surface area contributed by atoms with Crippen molar-refractivity contribution >= 4 is 38.9 Å². The monoisotopic (exact) mass is 359 g/mol. The summed E-state index contributed by atoms with van der Waals surface area (Å²) >= 11 is 3.88. The molecule has 0 spiro atoms. The summed E-state index contributed by atoms with van der Waals surface area (Å²) in [6.07, 6.45) is 5.85. The van der Waals surface area contributed by atoms with Gasteiger partial charge in [-0.25, -0.2) is 4.68 Å². The van der Waals surface area contributed by atoms with Gasteiger partial charge in [0, 0.05) is 24.3 Å². The van der Waals surface area contributed by atoms with Crippen LogP contribution < -0.4 is 5.32 Å². The van der Waals surface area contributed by atoms with Crippen LogP contribution in [-0.2, 0) is 6.54 Å². The van der Waals surface area contributed by atoms with Crippen LogP contribution in [0.15, 0.2) is 24.0 Å². The molecule has 3 rings (SSSR count). The van der Waals surface area contributed by atoms with E-state index >= 15 is 0 Å². The summed E-state index contributed by atoms with van der Waals surface area (Å²) in [4.78, 5) is 5.61. The highest BCUT2D eigenvalue weighted by molar-refractivity contribution is 14.1. The van der Waals surface area contributed by atoms with Crippen molar-refractivity contribution in [3.8, 4) is 5.82 Å². The summed E-state index contributed by atoms with van der Waals surface area (Å²) in [6.45, 7) is 0.768. The second-order valence-corrected chi connectivity index (χ2v) is 5.69. The van der Waals surface area contributed by atoms with Crippen molar-refractivity contribution in [1.82, 2.24) is 24.5 Å². The van der Waals surface area contributed by atoms with Crippen LogP contribution in [0.4, 0.5) is 0 Å². The molecule has 17 heavy (non-hydrogen) atoms. The molecule has 0 unspecified atom stereocenters. The molecule has 5 nitrogen and oxygen atoms in total. The number of nitrogens with zero attached hydrogens (tertiary/aromatic N) is 4. The predicted molar refractivity (Wildman–Crippen MR) is 75.7 cm³/mol. The van der Waals surface area contributed by atoms with Gasteiger partial charge in [-0.15, -0.1) is 11.3 Å². The molecule has 3 heterocycles. The topological polar surface area (TPSA) is 47.2 Å². The molecule has 0 saturated heterocycles. The van der Waals surface area contributed by atoms with Crippen LogP contribution in [0.25, 0.3) is 10.8 Å². The van der Waals surface area contributed by atoms with Gasteiger partial charge >= 0.3 is 0 Å². The molecule has 0 atom stereocenters. The number of hydrogen-bond acceptors (Lipinski definition) is 4. The first-order valence-electron chi connectivity index (χ1n) is 5.09. The van der Waals surface area contributed by atoms with E-state index in [1.54, 1.807) is 11.3 Å². The molecule has 7 heteroatoms. The Balaban J connectivity index is 2.20. The average molecular weight is 359 g/mol. The van der Waals surface area contributed by atoms with Crippen LogP contribution in [0.3, 0.4) is 0 Å². The first-order chi connectivity index (χ1) is 8.29. The first-order valence-corrected chi connectivity index (χ1v) is 7.05. The third-order valence-electron chi connectivity index (χ3n) is 2.45.